The highest BCUT2D eigenvalue weighted by molar-refractivity contribution is 7.08. The number of carboxylic acid groups (broad SMARTS) is 1. The van der Waals surface area contributed by atoms with E-state index in [0.29, 0.717) is 22.1 Å². The molecule has 0 aliphatic carbocycles. The second-order valence-corrected chi connectivity index (χ2v) is 8.21. The first-order valence-corrected chi connectivity index (χ1v) is 11.3. The number of aromatic nitrogens is 2. The first-order chi connectivity index (χ1) is 16.8. The van der Waals surface area contributed by atoms with Gasteiger partial charge in [0.1, 0.15) is 17.3 Å². The zero-order valence-corrected chi connectivity index (χ0v) is 19.3. The van der Waals surface area contributed by atoms with Gasteiger partial charge in [0.05, 0.1) is 11.3 Å². The normalized spacial score (nSPS) is 10.5. The average molecular weight is 513 g/mol. The number of hydrogen-bond acceptors (Lipinski definition) is 7. The number of nitrogens with one attached hydrogen (secondary N) is 3. The van der Waals surface area contributed by atoms with Crippen molar-refractivity contribution >= 4 is 40.6 Å². The molecule has 0 spiro atoms. The molecule has 0 aliphatic rings. The Hall–Kier alpha value is -4.35. The zero-order chi connectivity index (χ0) is 24.9. The van der Waals surface area contributed by atoms with Crippen molar-refractivity contribution in [2.75, 3.05) is 5.32 Å². The third kappa shape index (κ3) is 5.42. The number of aromatic carboxylic acids is 1. The number of thiophene rings is 1. The zero-order valence-electron chi connectivity index (χ0n) is 17.7. The van der Waals surface area contributed by atoms with E-state index in [4.69, 9.17) is 21.4 Å². The summed E-state index contributed by atoms with van der Waals surface area (Å²) in [5.74, 6) is -1.60. The van der Waals surface area contributed by atoms with Crippen LogP contribution in [0, 0.1) is 0 Å². The summed E-state index contributed by atoms with van der Waals surface area (Å²) in [6.45, 7) is 0.0462. The van der Waals surface area contributed by atoms with E-state index in [2.05, 4.69) is 20.6 Å². The van der Waals surface area contributed by atoms with Gasteiger partial charge in [0.25, 0.3) is 5.56 Å². The molecule has 5 N–H and O–H groups in total. The van der Waals surface area contributed by atoms with Crippen LogP contribution in [0.4, 0.5) is 10.5 Å². The summed E-state index contributed by atoms with van der Waals surface area (Å²) in [6, 6.07) is 13.7. The monoisotopic (exact) mass is 512 g/mol. The number of H-pyrrole nitrogens is 1. The number of amides is 2. The predicted molar refractivity (Wildman–Crippen MR) is 131 cm³/mol. The first kappa shape index (κ1) is 23.8. The highest BCUT2D eigenvalue weighted by atomic mass is 35.5. The van der Waals surface area contributed by atoms with Gasteiger partial charge in [0.2, 0.25) is 5.75 Å². The molecule has 2 heterocycles. The maximum absolute atomic E-state index is 12.6. The molecule has 12 heteroatoms. The lowest BCUT2D eigenvalue weighted by molar-refractivity contribution is 0.0686. The van der Waals surface area contributed by atoms with Crippen LogP contribution in [0.3, 0.4) is 0 Å². The molecule has 0 aliphatic heterocycles. The number of aromatic amines is 1. The quantitative estimate of drug-likeness (QED) is 0.241. The van der Waals surface area contributed by atoms with Crippen LogP contribution in [0.1, 0.15) is 16.1 Å². The van der Waals surface area contributed by atoms with Crippen molar-refractivity contribution in [3.05, 3.63) is 85.9 Å². The Morgan fingerprint density at radius 1 is 1.11 bits per heavy atom. The van der Waals surface area contributed by atoms with Crippen molar-refractivity contribution in [1.82, 2.24) is 15.3 Å². The molecule has 0 saturated heterocycles. The molecule has 0 atom stereocenters. The van der Waals surface area contributed by atoms with Gasteiger partial charge < -0.3 is 30.6 Å². The number of carbonyl (C=O) groups is 2. The standard InChI is InChI=1S/C23H17ClN4O6S/c24-15-7-4-8-17(34-12-5-2-1-3-6-12)13(15)9-25-23(33)26-16-11-35-10-14(16)20-27-18(22(31)32)19(29)21(30)28-20/h1-8,10-11,29H,9H2,(H,31,32)(H2,25,26,33)(H,27,28,30). The van der Waals surface area contributed by atoms with E-state index in [1.54, 1.807) is 41.1 Å². The number of rotatable bonds is 7. The fourth-order valence-electron chi connectivity index (χ4n) is 3.08. The third-order valence-corrected chi connectivity index (χ3v) is 5.83. The van der Waals surface area contributed by atoms with Gasteiger partial charge in [0.15, 0.2) is 5.69 Å². The van der Waals surface area contributed by atoms with Crippen LogP contribution < -0.4 is 20.9 Å². The molecular weight excluding hydrogens is 496 g/mol. The van der Waals surface area contributed by atoms with Gasteiger partial charge in [-0.25, -0.2) is 14.6 Å². The van der Waals surface area contributed by atoms with Gasteiger partial charge in [0, 0.05) is 27.9 Å². The topological polar surface area (TPSA) is 154 Å². The maximum atomic E-state index is 12.6. The molecule has 0 saturated carbocycles. The van der Waals surface area contributed by atoms with E-state index in [9.17, 15) is 19.5 Å². The van der Waals surface area contributed by atoms with Crippen LogP contribution in [-0.2, 0) is 6.54 Å². The first-order valence-electron chi connectivity index (χ1n) is 10.0. The van der Waals surface area contributed by atoms with Crippen molar-refractivity contribution < 1.29 is 24.5 Å². The fourth-order valence-corrected chi connectivity index (χ4v) is 4.07. The second kappa shape index (κ2) is 10.3. The smallest absolute Gasteiger partial charge is 0.358 e. The number of benzene rings is 2. The summed E-state index contributed by atoms with van der Waals surface area (Å²) in [5.41, 5.74) is -0.698. The summed E-state index contributed by atoms with van der Waals surface area (Å²) >= 11 is 7.53. The Balaban J connectivity index is 1.50. The molecule has 0 bridgehead atoms. The molecular formula is C23H17ClN4O6S. The van der Waals surface area contributed by atoms with Gasteiger partial charge in [-0.15, -0.1) is 11.3 Å². The van der Waals surface area contributed by atoms with E-state index in [1.807, 2.05) is 18.2 Å². The molecule has 2 aromatic heterocycles. The van der Waals surface area contributed by atoms with Crippen LogP contribution in [-0.4, -0.2) is 32.2 Å². The summed E-state index contributed by atoms with van der Waals surface area (Å²) < 4.78 is 5.89. The SMILES string of the molecule is O=C(NCc1c(Cl)cccc1Oc1ccccc1)Nc1cscc1-c1nc(C(=O)O)c(O)c(=O)[nH]1. The van der Waals surface area contributed by atoms with Crippen LogP contribution in [0.5, 0.6) is 17.2 Å². The van der Waals surface area contributed by atoms with E-state index in [1.165, 1.54) is 11.3 Å². The molecule has 10 nitrogen and oxygen atoms in total. The van der Waals surface area contributed by atoms with E-state index >= 15 is 0 Å². The number of ether oxygens (including phenoxy) is 1. The van der Waals surface area contributed by atoms with Crippen molar-refractivity contribution in [2.45, 2.75) is 6.54 Å². The minimum absolute atomic E-state index is 0.0462. The van der Waals surface area contributed by atoms with Crippen LogP contribution in [0.15, 0.2) is 64.1 Å². The Morgan fingerprint density at radius 3 is 2.63 bits per heavy atom. The molecule has 4 rings (SSSR count). The molecule has 2 aromatic carbocycles. The number of carboxylic acids is 1. The molecule has 35 heavy (non-hydrogen) atoms. The number of anilines is 1. The van der Waals surface area contributed by atoms with Gasteiger partial charge in [-0.2, -0.15) is 0 Å². The van der Waals surface area contributed by atoms with Crippen molar-refractivity contribution in [3.63, 3.8) is 0 Å². The number of hydrogen-bond donors (Lipinski definition) is 5. The van der Waals surface area contributed by atoms with E-state index in [-0.39, 0.29) is 23.6 Å². The number of aromatic hydroxyl groups is 1. The molecule has 178 valence electrons. The number of para-hydroxylation sites is 1. The second-order valence-electron chi connectivity index (χ2n) is 7.06. The number of nitrogens with zero attached hydrogens (tertiary/aromatic N) is 1. The fraction of sp³-hybridized carbons (Fsp3) is 0.0435. The highest BCUT2D eigenvalue weighted by Gasteiger charge is 2.20. The van der Waals surface area contributed by atoms with Crippen molar-refractivity contribution in [1.29, 1.82) is 0 Å². The van der Waals surface area contributed by atoms with Crippen molar-refractivity contribution in [3.8, 4) is 28.6 Å². The number of halogens is 1. The summed E-state index contributed by atoms with van der Waals surface area (Å²) in [6.07, 6.45) is 0. The molecule has 2 amide bonds. The molecule has 0 radical (unpaired) electrons. The summed E-state index contributed by atoms with van der Waals surface area (Å²) in [4.78, 5) is 41.9. The Labute approximate surface area is 206 Å². The van der Waals surface area contributed by atoms with Gasteiger partial charge >= 0.3 is 12.0 Å². The largest absolute Gasteiger partial charge is 0.501 e. The van der Waals surface area contributed by atoms with Gasteiger partial charge in [-0.05, 0) is 24.3 Å². The molecule has 4 aromatic rings. The molecule has 0 unspecified atom stereocenters. The van der Waals surface area contributed by atoms with Crippen LogP contribution >= 0.6 is 22.9 Å². The minimum atomic E-state index is -1.56. The van der Waals surface area contributed by atoms with Gasteiger partial charge in [-0.3, -0.25) is 4.79 Å². The third-order valence-electron chi connectivity index (χ3n) is 4.74. The average Bonchev–Trinajstić information content (AvgIpc) is 3.29. The number of urea groups is 1. The van der Waals surface area contributed by atoms with Crippen LogP contribution in [0.2, 0.25) is 5.02 Å². The minimum Gasteiger partial charge on any atom is -0.501 e. The Kier molecular flexibility index (Phi) is 6.99. The van der Waals surface area contributed by atoms with Crippen LogP contribution in [0.25, 0.3) is 11.4 Å². The highest BCUT2D eigenvalue weighted by Crippen LogP contribution is 2.31. The Bertz CT molecular complexity index is 1450. The molecule has 0 fully saturated rings. The lowest BCUT2D eigenvalue weighted by atomic mass is 10.2. The maximum Gasteiger partial charge on any atom is 0.358 e. The van der Waals surface area contributed by atoms with E-state index in [0.717, 1.165) is 0 Å². The van der Waals surface area contributed by atoms with Gasteiger partial charge in [-0.1, -0.05) is 35.9 Å². The predicted octanol–water partition coefficient (Wildman–Crippen LogP) is 4.67. The number of carbonyl (C=O) groups excluding carboxylic acids is 1. The van der Waals surface area contributed by atoms with E-state index < -0.39 is 29.0 Å². The van der Waals surface area contributed by atoms with Crippen molar-refractivity contribution in [2.24, 2.45) is 0 Å². The Morgan fingerprint density at radius 2 is 1.89 bits per heavy atom. The lowest BCUT2D eigenvalue weighted by Crippen LogP contribution is -2.28. The lowest BCUT2D eigenvalue weighted by Gasteiger charge is -2.14. The summed E-state index contributed by atoms with van der Waals surface area (Å²) in [7, 11) is 0. The summed E-state index contributed by atoms with van der Waals surface area (Å²) in [5, 5.41) is 27.7.